The molecule has 2 aliphatic rings. The van der Waals surface area contributed by atoms with E-state index < -0.39 is 5.97 Å². The maximum atomic E-state index is 12.3. The van der Waals surface area contributed by atoms with Crippen molar-refractivity contribution in [1.82, 2.24) is 10.3 Å². The van der Waals surface area contributed by atoms with Crippen molar-refractivity contribution >= 4 is 18.2 Å². The third-order valence-electron chi connectivity index (χ3n) is 5.88. The number of hydrogen-bond acceptors (Lipinski definition) is 4. The van der Waals surface area contributed by atoms with Gasteiger partial charge in [-0.25, -0.2) is 14.6 Å². The molecular weight excluding hydrogens is 370 g/mol. The van der Waals surface area contributed by atoms with Crippen LogP contribution in [0.1, 0.15) is 55.5 Å². The summed E-state index contributed by atoms with van der Waals surface area (Å²) in [5, 5.41) is 17.9. The highest BCUT2D eigenvalue weighted by atomic mass is 16.5. The van der Waals surface area contributed by atoms with Gasteiger partial charge in [0, 0.05) is 25.2 Å². The fourth-order valence-corrected chi connectivity index (χ4v) is 4.24. The fraction of sp³-hybridized carbons (Fsp3) is 0.591. The van der Waals surface area contributed by atoms with Gasteiger partial charge in [-0.05, 0) is 56.2 Å². The van der Waals surface area contributed by atoms with Crippen molar-refractivity contribution in [3.63, 3.8) is 0 Å². The Morgan fingerprint density at radius 2 is 1.97 bits per heavy atom. The molecule has 2 heterocycles. The Labute approximate surface area is 172 Å². The second-order valence-corrected chi connectivity index (χ2v) is 7.80. The molecule has 0 aromatic heterocycles. The number of urea groups is 1. The van der Waals surface area contributed by atoms with Crippen molar-refractivity contribution in [1.29, 1.82) is 0 Å². The largest absolute Gasteiger partial charge is 0.478 e. The summed E-state index contributed by atoms with van der Waals surface area (Å²) < 4.78 is 6.13. The van der Waals surface area contributed by atoms with Gasteiger partial charge in [0.05, 0.1) is 17.8 Å². The molecule has 7 nitrogen and oxygen atoms in total. The number of unbranched alkanes of at least 4 members (excludes halogenated alkanes) is 1. The van der Waals surface area contributed by atoms with Crippen LogP contribution in [0, 0.1) is 11.8 Å². The Bertz CT molecular complexity index is 734. The maximum Gasteiger partial charge on any atom is 0.337 e. The van der Waals surface area contributed by atoms with Gasteiger partial charge in [-0.2, -0.15) is 5.10 Å². The molecule has 3 rings (SSSR count). The number of benzene rings is 1. The number of ether oxygens (including phenoxy) is 1. The molecule has 2 N–H and O–H groups in total. The van der Waals surface area contributed by atoms with Crippen molar-refractivity contribution in [2.75, 3.05) is 13.1 Å². The molecule has 4 atom stereocenters. The SMILES string of the molecule is CCCCNC(=O)N(CC)/N=C/C1C2CCC(O2)C1Cc1ccc(C(=O)O)cc1. The Balaban J connectivity index is 1.65. The molecule has 1 aromatic carbocycles. The smallest absolute Gasteiger partial charge is 0.337 e. The number of hydrogen-bond donors (Lipinski definition) is 2. The molecule has 2 bridgehead atoms. The second-order valence-electron chi connectivity index (χ2n) is 7.80. The van der Waals surface area contributed by atoms with E-state index in [-0.39, 0.29) is 30.1 Å². The maximum absolute atomic E-state index is 12.3. The third-order valence-corrected chi connectivity index (χ3v) is 5.88. The topological polar surface area (TPSA) is 91.2 Å². The van der Waals surface area contributed by atoms with E-state index in [1.165, 1.54) is 5.01 Å². The van der Waals surface area contributed by atoms with Gasteiger partial charge in [0.15, 0.2) is 0 Å². The summed E-state index contributed by atoms with van der Waals surface area (Å²) in [6, 6.07) is 6.89. The zero-order valence-electron chi connectivity index (χ0n) is 17.2. The van der Waals surface area contributed by atoms with Crippen LogP contribution in [0.2, 0.25) is 0 Å². The first-order valence-corrected chi connectivity index (χ1v) is 10.6. The highest BCUT2D eigenvalue weighted by Crippen LogP contribution is 2.44. The Hall–Kier alpha value is -2.41. The molecule has 2 fully saturated rings. The van der Waals surface area contributed by atoms with Gasteiger partial charge in [-0.3, -0.25) is 0 Å². The van der Waals surface area contributed by atoms with Gasteiger partial charge in [0.1, 0.15) is 0 Å². The van der Waals surface area contributed by atoms with Crippen molar-refractivity contribution in [2.24, 2.45) is 16.9 Å². The van der Waals surface area contributed by atoms with E-state index in [0.29, 0.717) is 18.7 Å². The first-order valence-electron chi connectivity index (χ1n) is 10.6. The standard InChI is InChI=1S/C22H31N3O4/c1-3-5-12-23-22(28)25(4-2)24-14-18-17(19-10-11-20(18)29-19)13-15-6-8-16(9-7-15)21(26)27/h6-9,14,17-20H,3-5,10-13H2,1-2H3,(H,23,28)(H,26,27)/b24-14+. The Morgan fingerprint density at radius 1 is 1.24 bits per heavy atom. The van der Waals surface area contributed by atoms with Gasteiger partial charge < -0.3 is 15.2 Å². The number of rotatable bonds is 9. The summed E-state index contributed by atoms with van der Waals surface area (Å²) in [6.45, 7) is 5.17. The molecule has 1 aromatic rings. The molecule has 4 unspecified atom stereocenters. The van der Waals surface area contributed by atoms with E-state index in [2.05, 4.69) is 17.3 Å². The molecule has 158 valence electrons. The van der Waals surface area contributed by atoms with Gasteiger partial charge >= 0.3 is 12.0 Å². The van der Waals surface area contributed by atoms with Crippen LogP contribution in [0.15, 0.2) is 29.4 Å². The van der Waals surface area contributed by atoms with Crippen LogP contribution in [-0.2, 0) is 11.2 Å². The molecule has 0 radical (unpaired) electrons. The van der Waals surface area contributed by atoms with Gasteiger partial charge in [-0.1, -0.05) is 25.5 Å². The lowest BCUT2D eigenvalue weighted by Crippen LogP contribution is -2.38. The number of carboxylic acids is 1. The van der Waals surface area contributed by atoms with Crippen LogP contribution in [0.5, 0.6) is 0 Å². The minimum Gasteiger partial charge on any atom is -0.478 e. The summed E-state index contributed by atoms with van der Waals surface area (Å²) in [5.41, 5.74) is 1.39. The number of aromatic carboxylic acids is 1. The van der Waals surface area contributed by atoms with Crippen molar-refractivity contribution in [3.05, 3.63) is 35.4 Å². The van der Waals surface area contributed by atoms with E-state index in [0.717, 1.165) is 37.7 Å². The van der Waals surface area contributed by atoms with Crippen LogP contribution in [0.25, 0.3) is 0 Å². The lowest BCUT2D eigenvalue weighted by atomic mass is 9.77. The summed E-state index contributed by atoms with van der Waals surface area (Å²) in [5.74, 6) is -0.470. The average molecular weight is 402 g/mol. The Kier molecular flexibility index (Phi) is 7.25. The molecular formula is C22H31N3O4. The predicted octanol–water partition coefficient (Wildman–Crippen LogP) is 3.54. The molecule has 29 heavy (non-hydrogen) atoms. The van der Waals surface area contributed by atoms with Crippen molar-refractivity contribution in [2.45, 2.75) is 58.2 Å². The normalized spacial score (nSPS) is 25.4. The third kappa shape index (κ3) is 5.15. The number of fused-ring (bicyclic) bond motifs is 2. The van der Waals surface area contributed by atoms with Gasteiger partial charge in [0.25, 0.3) is 0 Å². The molecule has 2 amide bonds. The van der Waals surface area contributed by atoms with Gasteiger partial charge in [-0.15, -0.1) is 0 Å². The van der Waals surface area contributed by atoms with E-state index in [1.807, 2.05) is 25.3 Å². The van der Waals surface area contributed by atoms with Crippen molar-refractivity contribution in [3.8, 4) is 0 Å². The fourth-order valence-electron chi connectivity index (χ4n) is 4.24. The molecule has 0 aliphatic carbocycles. The first kappa shape index (κ1) is 21.3. The molecule has 2 saturated heterocycles. The first-order chi connectivity index (χ1) is 14.0. The van der Waals surface area contributed by atoms with Crippen LogP contribution in [0.4, 0.5) is 4.79 Å². The zero-order valence-corrected chi connectivity index (χ0v) is 17.2. The highest BCUT2D eigenvalue weighted by molar-refractivity contribution is 5.87. The minimum atomic E-state index is -0.915. The van der Waals surface area contributed by atoms with Crippen molar-refractivity contribution < 1.29 is 19.4 Å². The number of amides is 2. The number of nitrogens with zero attached hydrogens (tertiary/aromatic N) is 2. The lowest BCUT2D eigenvalue weighted by Gasteiger charge is -2.26. The molecule has 2 aliphatic heterocycles. The van der Waals surface area contributed by atoms with E-state index in [1.54, 1.807) is 12.1 Å². The number of carbonyl (C=O) groups is 2. The number of hydrazone groups is 1. The number of carbonyl (C=O) groups excluding carboxylic acids is 1. The minimum absolute atomic E-state index is 0.147. The average Bonchev–Trinajstić information content (AvgIpc) is 3.31. The van der Waals surface area contributed by atoms with E-state index in [4.69, 9.17) is 9.84 Å². The van der Waals surface area contributed by atoms with Crippen LogP contribution in [-0.4, -0.2) is 53.6 Å². The monoisotopic (exact) mass is 401 g/mol. The Morgan fingerprint density at radius 3 is 2.62 bits per heavy atom. The molecule has 0 saturated carbocycles. The number of carboxylic acid groups (broad SMARTS) is 1. The summed E-state index contributed by atoms with van der Waals surface area (Å²) in [6.07, 6.45) is 7.10. The quantitative estimate of drug-likeness (QED) is 0.376. The predicted molar refractivity (Wildman–Crippen MR) is 111 cm³/mol. The summed E-state index contributed by atoms with van der Waals surface area (Å²) in [7, 11) is 0. The van der Waals surface area contributed by atoms with E-state index >= 15 is 0 Å². The summed E-state index contributed by atoms with van der Waals surface area (Å²) in [4.78, 5) is 23.3. The molecule has 0 spiro atoms. The van der Waals surface area contributed by atoms with Crippen LogP contribution < -0.4 is 5.32 Å². The lowest BCUT2D eigenvalue weighted by molar-refractivity contribution is 0.0696. The van der Waals surface area contributed by atoms with Gasteiger partial charge in [0.2, 0.25) is 0 Å². The summed E-state index contributed by atoms with van der Waals surface area (Å²) >= 11 is 0. The zero-order chi connectivity index (χ0) is 20.8. The highest BCUT2D eigenvalue weighted by Gasteiger charge is 2.48. The van der Waals surface area contributed by atoms with Crippen LogP contribution in [0.3, 0.4) is 0 Å². The number of nitrogens with one attached hydrogen (secondary N) is 1. The molecule has 7 heteroatoms. The van der Waals surface area contributed by atoms with E-state index in [9.17, 15) is 9.59 Å². The second kappa shape index (κ2) is 9.87. The van der Waals surface area contributed by atoms with Crippen LogP contribution >= 0.6 is 0 Å².